The minimum Gasteiger partial charge on any atom is -0.353 e. The van der Waals surface area contributed by atoms with E-state index in [2.05, 4.69) is 42.4 Å². The molecule has 0 bridgehead atoms. The van der Waals surface area contributed by atoms with Gasteiger partial charge in [0.2, 0.25) is 0 Å². The van der Waals surface area contributed by atoms with Crippen molar-refractivity contribution in [1.29, 1.82) is 0 Å². The zero-order valence-corrected chi connectivity index (χ0v) is 20.3. The largest absolute Gasteiger partial charge is 0.353 e. The number of aryl methyl sites for hydroxylation is 2. The average Bonchev–Trinajstić information content (AvgIpc) is 2.89. The summed E-state index contributed by atoms with van der Waals surface area (Å²) < 4.78 is 0. The Morgan fingerprint density at radius 2 is 1.69 bits per heavy atom. The first-order chi connectivity index (χ1) is 16.9. The fraction of sp³-hybridized carbons (Fsp3) is 0.276. The van der Waals surface area contributed by atoms with E-state index in [1.165, 1.54) is 5.56 Å². The van der Waals surface area contributed by atoms with Crippen molar-refractivity contribution in [3.63, 3.8) is 0 Å². The van der Waals surface area contributed by atoms with E-state index in [1.54, 1.807) is 11.1 Å². The van der Waals surface area contributed by atoms with E-state index in [0.29, 0.717) is 37.2 Å². The molecule has 0 radical (unpaired) electrons. The highest BCUT2D eigenvalue weighted by Gasteiger charge is 2.28. The Balaban J connectivity index is 1.27. The lowest BCUT2D eigenvalue weighted by Gasteiger charge is -2.35. The third-order valence-corrected chi connectivity index (χ3v) is 7.02. The molecule has 0 unspecified atom stereocenters. The smallest absolute Gasteiger partial charge is 0.254 e. The van der Waals surface area contributed by atoms with Gasteiger partial charge in [-0.1, -0.05) is 30.8 Å². The first kappa shape index (κ1) is 22.8. The number of aromatic nitrogens is 1. The van der Waals surface area contributed by atoms with E-state index in [0.717, 1.165) is 41.3 Å². The van der Waals surface area contributed by atoms with Crippen molar-refractivity contribution < 1.29 is 9.59 Å². The summed E-state index contributed by atoms with van der Waals surface area (Å²) in [6.45, 7) is 11.5. The van der Waals surface area contributed by atoms with Crippen LogP contribution in [0.1, 0.15) is 32.6 Å². The molecule has 0 aliphatic carbocycles. The molecule has 0 atom stereocenters. The van der Waals surface area contributed by atoms with E-state index >= 15 is 0 Å². The second-order valence-corrected chi connectivity index (χ2v) is 9.40. The first-order valence-electron chi connectivity index (χ1n) is 12.0. The summed E-state index contributed by atoms with van der Waals surface area (Å²) in [6.07, 6.45) is 2.38. The Bertz CT molecular complexity index is 1280. The van der Waals surface area contributed by atoms with Gasteiger partial charge in [0.15, 0.2) is 0 Å². The molecule has 3 heterocycles. The van der Waals surface area contributed by atoms with Crippen molar-refractivity contribution >= 4 is 23.3 Å². The van der Waals surface area contributed by atoms with Gasteiger partial charge < -0.3 is 14.7 Å². The van der Waals surface area contributed by atoms with Crippen LogP contribution in [-0.2, 0) is 17.8 Å². The van der Waals surface area contributed by atoms with Gasteiger partial charge in [0.25, 0.3) is 11.8 Å². The van der Waals surface area contributed by atoms with Gasteiger partial charge in [-0.3, -0.25) is 9.59 Å². The van der Waals surface area contributed by atoms with Crippen LogP contribution in [0.15, 0.2) is 72.9 Å². The van der Waals surface area contributed by atoms with Crippen LogP contribution in [0.5, 0.6) is 0 Å². The maximum absolute atomic E-state index is 13.1. The number of rotatable bonds is 4. The number of nitrogens with zero attached hydrogens (tertiary/aromatic N) is 4. The lowest BCUT2D eigenvalue weighted by molar-refractivity contribution is -0.115. The molecule has 1 saturated heterocycles. The molecule has 6 nitrogen and oxygen atoms in total. The number of piperazine rings is 1. The maximum Gasteiger partial charge on any atom is 0.254 e. The average molecular weight is 467 g/mol. The number of hydrogen-bond donors (Lipinski definition) is 0. The van der Waals surface area contributed by atoms with Gasteiger partial charge >= 0.3 is 0 Å². The summed E-state index contributed by atoms with van der Waals surface area (Å²) in [5.74, 6) is 0.952. The normalized spacial score (nSPS) is 15.9. The van der Waals surface area contributed by atoms with Crippen LogP contribution in [0.4, 0.5) is 11.5 Å². The Morgan fingerprint density at radius 1 is 0.971 bits per heavy atom. The van der Waals surface area contributed by atoms with Crippen molar-refractivity contribution in [2.45, 2.75) is 26.8 Å². The Labute approximate surface area is 206 Å². The quantitative estimate of drug-likeness (QED) is 0.538. The zero-order valence-electron chi connectivity index (χ0n) is 20.3. The molecule has 0 saturated carbocycles. The van der Waals surface area contributed by atoms with Crippen LogP contribution in [0.2, 0.25) is 0 Å². The number of amides is 2. The zero-order chi connectivity index (χ0) is 24.5. The lowest BCUT2D eigenvalue weighted by atomic mass is 9.93. The number of benzene rings is 2. The number of carbonyl (C=O) groups excluding carboxylic acids is 2. The van der Waals surface area contributed by atoms with Crippen molar-refractivity contribution in [3.05, 3.63) is 101 Å². The highest BCUT2D eigenvalue weighted by Crippen LogP contribution is 2.33. The molecule has 0 spiro atoms. The summed E-state index contributed by atoms with van der Waals surface area (Å²) in [6, 6.07) is 17.8. The lowest BCUT2D eigenvalue weighted by Crippen LogP contribution is -2.49. The van der Waals surface area contributed by atoms with Crippen molar-refractivity contribution in [2.24, 2.45) is 0 Å². The Morgan fingerprint density at radius 3 is 2.37 bits per heavy atom. The number of anilines is 2. The third kappa shape index (κ3) is 4.56. The van der Waals surface area contributed by atoms with Gasteiger partial charge in [-0.15, -0.1) is 0 Å². The summed E-state index contributed by atoms with van der Waals surface area (Å²) in [7, 11) is 0. The molecule has 1 fully saturated rings. The fourth-order valence-electron chi connectivity index (χ4n) is 4.81. The molecular weight excluding hydrogens is 436 g/mol. The molecular formula is C29H30N4O2. The molecule has 2 amide bonds. The van der Waals surface area contributed by atoms with Crippen LogP contribution >= 0.6 is 0 Å². The molecule has 2 aliphatic heterocycles. The van der Waals surface area contributed by atoms with Gasteiger partial charge in [0, 0.05) is 55.6 Å². The summed E-state index contributed by atoms with van der Waals surface area (Å²) in [5, 5.41) is 0. The van der Waals surface area contributed by atoms with Gasteiger partial charge in [-0.05, 0) is 66.4 Å². The molecule has 3 aromatic rings. The Hall–Kier alpha value is -3.93. The molecule has 1 aromatic heterocycles. The molecule has 178 valence electrons. The van der Waals surface area contributed by atoms with Crippen molar-refractivity contribution in [1.82, 2.24) is 9.88 Å². The fourth-order valence-corrected chi connectivity index (χ4v) is 4.81. The molecule has 35 heavy (non-hydrogen) atoms. The second kappa shape index (κ2) is 9.37. The summed E-state index contributed by atoms with van der Waals surface area (Å²) in [4.78, 5) is 36.4. The highest BCUT2D eigenvalue weighted by molar-refractivity contribution is 6.08. The third-order valence-electron chi connectivity index (χ3n) is 7.02. The van der Waals surface area contributed by atoms with E-state index in [9.17, 15) is 9.59 Å². The molecule has 5 rings (SSSR count). The SMILES string of the molecule is C=C1Cc2cc(C)c(C)cc2N(Cc2ccc(C(=O)N3CCN(c4ccccn4)CC3)cc2)C1=O. The predicted octanol–water partition coefficient (Wildman–Crippen LogP) is 4.31. The van der Waals surface area contributed by atoms with E-state index in [4.69, 9.17) is 0 Å². The predicted molar refractivity (Wildman–Crippen MR) is 139 cm³/mol. The topological polar surface area (TPSA) is 56.8 Å². The number of pyridine rings is 1. The minimum absolute atomic E-state index is 0.0355. The second-order valence-electron chi connectivity index (χ2n) is 9.40. The van der Waals surface area contributed by atoms with Gasteiger partial charge in [0.05, 0.1) is 6.54 Å². The summed E-state index contributed by atoms with van der Waals surface area (Å²) in [5.41, 5.74) is 6.73. The van der Waals surface area contributed by atoms with Gasteiger partial charge in [0.1, 0.15) is 5.82 Å². The number of fused-ring (bicyclic) bond motifs is 1. The van der Waals surface area contributed by atoms with Crippen LogP contribution in [0, 0.1) is 13.8 Å². The van der Waals surface area contributed by atoms with Crippen LogP contribution in [0.3, 0.4) is 0 Å². The minimum atomic E-state index is -0.0355. The van der Waals surface area contributed by atoms with Crippen molar-refractivity contribution in [2.75, 3.05) is 36.0 Å². The standard InChI is InChI=1S/C29H30N4O2/c1-20-16-25-17-22(3)28(34)33(26(25)18-21(20)2)19-23-7-9-24(10-8-23)29(35)32-14-12-31(13-15-32)27-6-4-5-11-30-27/h4-11,16,18H,3,12-15,17,19H2,1-2H3. The van der Waals surface area contributed by atoms with Crippen LogP contribution < -0.4 is 9.80 Å². The number of hydrogen-bond acceptors (Lipinski definition) is 4. The molecule has 2 aliphatic rings. The highest BCUT2D eigenvalue weighted by atomic mass is 16.2. The van der Waals surface area contributed by atoms with E-state index in [-0.39, 0.29) is 11.8 Å². The number of carbonyl (C=O) groups is 2. The van der Waals surface area contributed by atoms with Gasteiger partial charge in [-0.2, -0.15) is 0 Å². The molecule has 2 aromatic carbocycles. The van der Waals surface area contributed by atoms with Crippen LogP contribution in [0.25, 0.3) is 0 Å². The molecule has 0 N–H and O–H groups in total. The Kier molecular flexibility index (Phi) is 6.12. The van der Waals surface area contributed by atoms with E-state index in [1.807, 2.05) is 47.4 Å². The maximum atomic E-state index is 13.1. The molecule has 6 heteroatoms. The first-order valence-corrected chi connectivity index (χ1v) is 12.0. The van der Waals surface area contributed by atoms with Crippen molar-refractivity contribution in [3.8, 4) is 0 Å². The van der Waals surface area contributed by atoms with Gasteiger partial charge in [-0.25, -0.2) is 4.98 Å². The van der Waals surface area contributed by atoms with Crippen LogP contribution in [-0.4, -0.2) is 47.9 Å². The monoisotopic (exact) mass is 466 g/mol. The van der Waals surface area contributed by atoms with E-state index < -0.39 is 0 Å². The summed E-state index contributed by atoms with van der Waals surface area (Å²) >= 11 is 0.